The molecule has 0 saturated heterocycles. The molecule has 20 heteroatoms. The summed E-state index contributed by atoms with van der Waals surface area (Å²) in [5.74, 6) is -62.3. The summed E-state index contributed by atoms with van der Waals surface area (Å²) in [5, 5.41) is 1.83. The van der Waals surface area contributed by atoms with Crippen molar-refractivity contribution in [3.8, 4) is 0 Å². The summed E-state index contributed by atoms with van der Waals surface area (Å²) >= 11 is 6.91. The zero-order chi connectivity index (χ0) is 26.6. The minimum Gasteiger partial charge on any atom is -0.378 e. The first-order valence-corrected chi connectivity index (χ1v) is 8.00. The molecule has 0 radical (unpaired) electrons. The molecule has 0 spiro atoms. The molecular formula is C12H8F16N2S2. The largest absolute Gasteiger partial charge is 0.385 e. The molecule has 0 fully saturated rings. The van der Waals surface area contributed by atoms with Crippen LogP contribution in [-0.4, -0.2) is 71.5 Å². The van der Waals surface area contributed by atoms with Crippen LogP contribution in [0, 0.1) is 0 Å². The van der Waals surface area contributed by atoms with Gasteiger partial charge in [-0.3, -0.25) is 0 Å². The highest BCUT2D eigenvalue weighted by Gasteiger charge is 2.95. The summed E-state index contributed by atoms with van der Waals surface area (Å²) in [5.41, 5.74) is 0. The monoisotopic (exact) mass is 548 g/mol. The van der Waals surface area contributed by atoms with E-state index in [9.17, 15) is 70.2 Å². The van der Waals surface area contributed by atoms with Crippen LogP contribution in [0.3, 0.4) is 0 Å². The first-order chi connectivity index (χ1) is 13.7. The molecule has 0 aromatic heterocycles. The van der Waals surface area contributed by atoms with E-state index < -0.39 is 57.4 Å². The van der Waals surface area contributed by atoms with Crippen LogP contribution in [-0.2, 0) is 0 Å². The average Bonchev–Trinajstić information content (AvgIpc) is 2.64. The molecule has 2 nitrogen and oxygen atoms in total. The molecule has 0 atom stereocenters. The van der Waals surface area contributed by atoms with E-state index in [4.69, 9.17) is 0 Å². The number of hydrogen-bond donors (Lipinski definition) is 2. The number of nitrogens with one attached hydrogen (secondary N) is 2. The van der Waals surface area contributed by atoms with Gasteiger partial charge >= 0.3 is 47.4 Å². The van der Waals surface area contributed by atoms with Crippen LogP contribution < -0.4 is 10.6 Å². The van der Waals surface area contributed by atoms with Crippen molar-refractivity contribution in [3.05, 3.63) is 0 Å². The van der Waals surface area contributed by atoms with Gasteiger partial charge < -0.3 is 10.6 Å². The highest BCUT2D eigenvalue weighted by molar-refractivity contribution is 7.80. The Hall–Kier alpha value is -1.34. The highest BCUT2D eigenvalue weighted by atomic mass is 32.1. The number of alkyl halides is 16. The van der Waals surface area contributed by atoms with Gasteiger partial charge in [0.05, 0.1) is 0 Å². The lowest BCUT2D eigenvalue weighted by Gasteiger charge is -2.43. The maximum atomic E-state index is 13.6. The lowest BCUT2D eigenvalue weighted by atomic mass is 9.87. The predicted molar refractivity (Wildman–Crippen MR) is 82.9 cm³/mol. The molecule has 0 aromatic rings. The second kappa shape index (κ2) is 8.15. The predicted octanol–water partition coefficient (Wildman–Crippen LogP) is 5.16. The maximum absolute atomic E-state index is 13.6. The fourth-order valence-electron chi connectivity index (χ4n) is 1.78. The minimum absolute atomic E-state index is 0.249. The van der Waals surface area contributed by atoms with E-state index in [2.05, 4.69) is 24.4 Å². The SMILES string of the molecule is CNC(=S)C(F)(F)C(F)(F)C(F)(F)C(F)(F)C(F)(F)C(F)(F)C(F)(F)C(F)(F)C(=S)NC. The van der Waals surface area contributed by atoms with Crippen molar-refractivity contribution >= 4 is 34.4 Å². The standard InChI is InChI=1S/C12H8F16N2S2/c1-29-3(31)5(13,14)7(17,18)9(21,22)11(25,26)12(27,28)10(23,24)8(19,20)6(15,16)4(32)30-2/h1-2H3,(H,29,31)(H,30,32). The molecule has 0 aromatic carbocycles. The van der Waals surface area contributed by atoms with E-state index in [0.717, 1.165) is 10.6 Å². The van der Waals surface area contributed by atoms with Crippen LogP contribution in [0.4, 0.5) is 70.2 Å². The van der Waals surface area contributed by atoms with Crippen molar-refractivity contribution in [2.24, 2.45) is 0 Å². The Balaban J connectivity index is 6.91. The molecule has 0 bridgehead atoms. The normalized spacial score (nSPS) is 15.4. The molecule has 0 saturated carbocycles. The molecule has 0 heterocycles. The van der Waals surface area contributed by atoms with Crippen molar-refractivity contribution in [2.45, 2.75) is 47.4 Å². The number of thiocarbonyl (C=S) groups is 2. The van der Waals surface area contributed by atoms with Gasteiger partial charge in [0.15, 0.2) is 9.98 Å². The Bertz CT molecular complexity index is 685. The van der Waals surface area contributed by atoms with Gasteiger partial charge in [0.25, 0.3) is 0 Å². The van der Waals surface area contributed by atoms with Crippen molar-refractivity contribution in [3.63, 3.8) is 0 Å². The van der Waals surface area contributed by atoms with Gasteiger partial charge in [0.2, 0.25) is 0 Å². The molecule has 0 unspecified atom stereocenters. The molecule has 0 aliphatic rings. The summed E-state index contributed by atoms with van der Waals surface area (Å²) in [6.07, 6.45) is 0. The molecule has 0 aliphatic heterocycles. The van der Waals surface area contributed by atoms with Gasteiger partial charge in [0, 0.05) is 14.1 Å². The lowest BCUT2D eigenvalue weighted by Crippen LogP contribution is -2.76. The zero-order valence-corrected chi connectivity index (χ0v) is 16.5. The number of hydrogen-bond acceptors (Lipinski definition) is 2. The first-order valence-electron chi connectivity index (χ1n) is 7.18. The lowest BCUT2D eigenvalue weighted by molar-refractivity contribution is -0.445. The Labute approximate surface area is 177 Å². The van der Waals surface area contributed by atoms with Gasteiger partial charge in [-0.05, 0) is 0 Å². The van der Waals surface area contributed by atoms with E-state index in [1.165, 1.54) is 0 Å². The Morgan fingerprint density at radius 1 is 0.406 bits per heavy atom. The fraction of sp³-hybridized carbons (Fsp3) is 0.833. The van der Waals surface area contributed by atoms with Crippen LogP contribution in [0.25, 0.3) is 0 Å². The summed E-state index contributed by atoms with van der Waals surface area (Å²) < 4.78 is 216. The number of rotatable bonds is 9. The van der Waals surface area contributed by atoms with Crippen LogP contribution in [0.1, 0.15) is 0 Å². The van der Waals surface area contributed by atoms with Gasteiger partial charge in [-0.1, -0.05) is 24.4 Å². The van der Waals surface area contributed by atoms with Crippen molar-refractivity contribution < 1.29 is 70.2 Å². The first kappa shape index (κ1) is 30.7. The van der Waals surface area contributed by atoms with Gasteiger partial charge in [-0.25, -0.2) is 0 Å². The summed E-state index contributed by atoms with van der Waals surface area (Å²) in [7, 11) is 0.497. The third-order valence-corrected chi connectivity index (χ3v) is 4.71. The van der Waals surface area contributed by atoms with E-state index in [1.807, 2.05) is 0 Å². The molecule has 190 valence electrons. The molecule has 0 amide bonds. The van der Waals surface area contributed by atoms with Gasteiger partial charge in [0.1, 0.15) is 0 Å². The van der Waals surface area contributed by atoms with Crippen molar-refractivity contribution in [2.75, 3.05) is 14.1 Å². The fourth-order valence-corrected chi connectivity index (χ4v) is 2.04. The topological polar surface area (TPSA) is 24.1 Å². The quantitative estimate of drug-likeness (QED) is 0.307. The molecule has 0 rings (SSSR count). The maximum Gasteiger partial charge on any atom is 0.385 e. The Morgan fingerprint density at radius 2 is 0.562 bits per heavy atom. The second-order valence-corrected chi connectivity index (χ2v) is 6.57. The second-order valence-electron chi connectivity index (χ2n) is 5.75. The zero-order valence-electron chi connectivity index (χ0n) is 14.9. The van der Waals surface area contributed by atoms with Crippen LogP contribution in [0.2, 0.25) is 0 Å². The third-order valence-electron chi connectivity index (χ3n) is 3.78. The summed E-state index contributed by atoms with van der Waals surface area (Å²) in [6, 6.07) is 0. The average molecular weight is 548 g/mol. The Kier molecular flexibility index (Phi) is 7.81. The van der Waals surface area contributed by atoms with Gasteiger partial charge in [-0.15, -0.1) is 0 Å². The molecule has 0 aliphatic carbocycles. The van der Waals surface area contributed by atoms with E-state index in [1.54, 1.807) is 0 Å². The third kappa shape index (κ3) is 3.64. The Morgan fingerprint density at radius 3 is 0.719 bits per heavy atom. The smallest absolute Gasteiger partial charge is 0.378 e. The van der Waals surface area contributed by atoms with E-state index in [0.29, 0.717) is 0 Å². The molecule has 32 heavy (non-hydrogen) atoms. The van der Waals surface area contributed by atoms with Crippen LogP contribution >= 0.6 is 24.4 Å². The minimum atomic E-state index is -8.50. The molecule has 2 N–H and O–H groups in total. The van der Waals surface area contributed by atoms with Crippen LogP contribution in [0.5, 0.6) is 0 Å². The number of halogens is 16. The van der Waals surface area contributed by atoms with Gasteiger partial charge in [-0.2, -0.15) is 70.2 Å². The summed E-state index contributed by atoms with van der Waals surface area (Å²) in [6.45, 7) is 0. The van der Waals surface area contributed by atoms with E-state index >= 15 is 0 Å². The van der Waals surface area contributed by atoms with E-state index in [-0.39, 0.29) is 14.1 Å². The highest BCUT2D eigenvalue weighted by Crippen LogP contribution is 2.63. The summed E-state index contributed by atoms with van der Waals surface area (Å²) in [4.78, 5) is -5.35. The van der Waals surface area contributed by atoms with Crippen molar-refractivity contribution in [1.29, 1.82) is 0 Å². The van der Waals surface area contributed by atoms with Crippen molar-refractivity contribution in [1.82, 2.24) is 10.6 Å². The molecular weight excluding hydrogens is 540 g/mol. The van der Waals surface area contributed by atoms with Crippen LogP contribution in [0.15, 0.2) is 0 Å².